The van der Waals surface area contributed by atoms with E-state index in [9.17, 15) is 0 Å². The van der Waals surface area contributed by atoms with Crippen LogP contribution in [0, 0.1) is 0 Å². The van der Waals surface area contributed by atoms with Gasteiger partial charge in [-0.1, -0.05) is 357 Å². The fourth-order valence-corrected chi connectivity index (χ4v) is 12.2. The summed E-state index contributed by atoms with van der Waals surface area (Å²) in [5.74, 6) is 0. The molecule has 6 rings (SSSR count). The van der Waals surface area contributed by atoms with E-state index in [0.29, 0.717) is 19.3 Å². The van der Waals surface area contributed by atoms with Crippen LogP contribution < -0.4 is 16.4 Å². The molecule has 0 aliphatic rings. The first-order valence-corrected chi connectivity index (χ1v) is 31.7. The van der Waals surface area contributed by atoms with Crippen LogP contribution in [0.15, 0.2) is 182 Å². The minimum absolute atomic E-state index is 0.684. The highest BCUT2D eigenvalue weighted by Gasteiger charge is 2.45. The Bertz CT molecular complexity index is 2050. The third-order valence-electron chi connectivity index (χ3n) is 15.8. The first-order valence-electron chi connectivity index (χ1n) is 30.2. The minimum atomic E-state index is -4.75. The van der Waals surface area contributed by atoms with Crippen molar-refractivity contribution >= 4 is 7.82 Å². The average Bonchev–Trinajstić information content (AvgIpc) is 3.49. The molecular formula is C69H96N3O4P. The second kappa shape index (κ2) is 35.0. The predicted molar refractivity (Wildman–Crippen MR) is 323 cm³/mol. The van der Waals surface area contributed by atoms with Gasteiger partial charge in [-0.3, -0.25) is 0 Å². The lowest BCUT2D eigenvalue weighted by molar-refractivity contribution is -0.0397. The number of unbranched alkanes of at least 4 members (excludes halogenated alkanes) is 21. The van der Waals surface area contributed by atoms with Gasteiger partial charge in [-0.2, -0.15) is 30.3 Å². The lowest BCUT2D eigenvalue weighted by Crippen LogP contribution is -2.47. The molecule has 0 fully saturated rings. The SMILES string of the molecule is CCCCCCCCCCC(NOP(=O)(ONC(CCCCCCCCCC)(c1ccccc1)c1ccccc1)ONC(CCCCCCCCCC)(c1ccccc1)c1ccccc1)(c1ccccc1)c1ccccc1. The van der Waals surface area contributed by atoms with Gasteiger partial charge in [0.1, 0.15) is 0 Å². The molecule has 3 N–H and O–H groups in total. The Balaban J connectivity index is 1.42. The van der Waals surface area contributed by atoms with Crippen molar-refractivity contribution in [3.05, 3.63) is 215 Å². The van der Waals surface area contributed by atoms with Gasteiger partial charge < -0.3 is 0 Å². The molecule has 0 saturated heterocycles. The van der Waals surface area contributed by atoms with Crippen LogP contribution in [-0.2, 0) is 35.1 Å². The Morgan fingerprint density at radius 3 is 0.623 bits per heavy atom. The van der Waals surface area contributed by atoms with Gasteiger partial charge in [0, 0.05) is 0 Å². The smallest absolute Gasteiger partial charge is 0.223 e. The zero-order valence-corrected chi connectivity index (χ0v) is 48.4. The molecule has 0 heterocycles. The molecule has 0 saturated carbocycles. The van der Waals surface area contributed by atoms with Crippen molar-refractivity contribution in [2.75, 3.05) is 0 Å². The molecule has 0 bridgehead atoms. The number of rotatable bonds is 42. The van der Waals surface area contributed by atoms with Crippen molar-refractivity contribution in [3.8, 4) is 0 Å². The van der Waals surface area contributed by atoms with E-state index in [1.807, 2.05) is 36.4 Å². The molecular weight excluding hydrogens is 966 g/mol. The molecule has 77 heavy (non-hydrogen) atoms. The van der Waals surface area contributed by atoms with Gasteiger partial charge >= 0.3 is 7.82 Å². The van der Waals surface area contributed by atoms with Crippen LogP contribution in [0.2, 0.25) is 0 Å². The molecule has 8 heteroatoms. The number of phosphoric acid groups is 1. The van der Waals surface area contributed by atoms with Crippen LogP contribution in [0.4, 0.5) is 0 Å². The van der Waals surface area contributed by atoms with Gasteiger partial charge in [-0.05, 0) is 52.6 Å². The van der Waals surface area contributed by atoms with Crippen LogP contribution in [0.5, 0.6) is 0 Å². The number of nitrogens with one attached hydrogen (secondary N) is 3. The van der Waals surface area contributed by atoms with E-state index < -0.39 is 24.4 Å². The minimum Gasteiger partial charge on any atom is -0.223 e. The molecule has 0 atom stereocenters. The molecule has 0 aliphatic carbocycles. The van der Waals surface area contributed by atoms with Crippen LogP contribution in [0.25, 0.3) is 0 Å². The molecule has 6 aromatic carbocycles. The van der Waals surface area contributed by atoms with Crippen LogP contribution in [-0.4, -0.2) is 0 Å². The van der Waals surface area contributed by atoms with Gasteiger partial charge in [0.25, 0.3) is 0 Å². The molecule has 0 amide bonds. The van der Waals surface area contributed by atoms with Crippen molar-refractivity contribution in [3.63, 3.8) is 0 Å². The van der Waals surface area contributed by atoms with Gasteiger partial charge in [-0.15, -0.1) is 0 Å². The maximum atomic E-state index is 16.6. The summed E-state index contributed by atoms with van der Waals surface area (Å²) in [5.41, 5.74) is 13.8. The van der Waals surface area contributed by atoms with Gasteiger partial charge in [0.2, 0.25) is 0 Å². The Morgan fingerprint density at radius 2 is 0.442 bits per heavy atom. The Labute approximate surface area is 466 Å². The Morgan fingerprint density at radius 1 is 0.273 bits per heavy atom. The first-order chi connectivity index (χ1) is 37.9. The number of hydrogen-bond acceptors (Lipinski definition) is 7. The normalized spacial score (nSPS) is 12.3. The summed E-state index contributed by atoms with van der Waals surface area (Å²) in [6.45, 7) is 6.81. The van der Waals surface area contributed by atoms with Crippen LogP contribution in [0.1, 0.15) is 228 Å². The molecule has 0 aliphatic heterocycles. The summed E-state index contributed by atoms with van der Waals surface area (Å²) in [6, 6.07) is 62.7. The highest BCUT2D eigenvalue weighted by atomic mass is 31.2. The van der Waals surface area contributed by atoms with E-state index in [4.69, 9.17) is 13.9 Å². The number of hydrogen-bond donors (Lipinski definition) is 3. The highest BCUT2D eigenvalue weighted by Crippen LogP contribution is 2.52. The third kappa shape index (κ3) is 19.3. The zero-order valence-electron chi connectivity index (χ0n) is 47.5. The monoisotopic (exact) mass is 1060 g/mol. The van der Waals surface area contributed by atoms with E-state index in [0.717, 1.165) is 91.2 Å². The second-order valence-electron chi connectivity index (χ2n) is 21.6. The Kier molecular flexibility index (Phi) is 28.0. The first kappa shape index (κ1) is 61.5. The number of benzene rings is 6. The van der Waals surface area contributed by atoms with Crippen LogP contribution in [0.3, 0.4) is 0 Å². The summed E-state index contributed by atoms with van der Waals surface area (Å²) in [4.78, 5) is 0. The van der Waals surface area contributed by atoms with E-state index in [1.54, 1.807) is 0 Å². The molecule has 416 valence electrons. The van der Waals surface area contributed by atoms with Gasteiger partial charge in [0.15, 0.2) is 0 Å². The topological polar surface area (TPSA) is 80.9 Å². The van der Waals surface area contributed by atoms with E-state index >= 15 is 4.57 Å². The summed E-state index contributed by atoms with van der Waals surface area (Å²) in [6.07, 6.45) is 30.3. The molecule has 7 nitrogen and oxygen atoms in total. The predicted octanol–water partition coefficient (Wildman–Crippen LogP) is 20.1. The Hall–Kier alpha value is -4.69. The quantitative estimate of drug-likeness (QED) is 0.0200. The molecule has 0 radical (unpaired) electrons. The molecule has 0 aromatic heterocycles. The van der Waals surface area contributed by atoms with Crippen molar-refractivity contribution in [1.82, 2.24) is 16.4 Å². The van der Waals surface area contributed by atoms with Crippen molar-refractivity contribution < 1.29 is 18.4 Å². The highest BCUT2D eigenvalue weighted by molar-refractivity contribution is 7.48. The molecule has 0 spiro atoms. The fraction of sp³-hybridized carbons (Fsp3) is 0.478. The molecule has 6 aromatic rings. The van der Waals surface area contributed by atoms with Gasteiger partial charge in [0.05, 0.1) is 16.6 Å². The lowest BCUT2D eigenvalue weighted by atomic mass is 9.79. The van der Waals surface area contributed by atoms with Crippen molar-refractivity contribution in [1.29, 1.82) is 0 Å². The summed E-state index contributed by atoms with van der Waals surface area (Å²) in [7, 11) is -4.75. The largest absolute Gasteiger partial charge is 0.524 e. The summed E-state index contributed by atoms with van der Waals surface area (Å²) < 4.78 is 37.2. The van der Waals surface area contributed by atoms with Crippen molar-refractivity contribution in [2.24, 2.45) is 0 Å². The second-order valence-corrected chi connectivity index (χ2v) is 23.1. The van der Waals surface area contributed by atoms with E-state index in [-0.39, 0.29) is 0 Å². The lowest BCUT2D eigenvalue weighted by Gasteiger charge is -2.40. The zero-order chi connectivity index (χ0) is 54.0. The van der Waals surface area contributed by atoms with Crippen LogP contribution >= 0.6 is 7.82 Å². The van der Waals surface area contributed by atoms with Gasteiger partial charge in [-0.25, -0.2) is 4.57 Å². The maximum absolute atomic E-state index is 16.6. The number of hydroxylamine groups is 3. The third-order valence-corrected chi connectivity index (χ3v) is 16.8. The molecule has 0 unspecified atom stereocenters. The summed E-state index contributed by atoms with van der Waals surface area (Å²) in [5, 5.41) is 0. The van der Waals surface area contributed by atoms with E-state index in [1.165, 1.54) is 96.3 Å². The fourth-order valence-electron chi connectivity index (χ4n) is 11.2. The van der Waals surface area contributed by atoms with E-state index in [2.05, 4.69) is 183 Å². The standard InChI is InChI=1S/C69H96N3O4P/c1-4-7-10-13-16-19-22-43-58-67(61-46-31-25-32-47-61,62-48-33-26-34-49-62)70-74-77(73,75-71-68(63-50-35-27-36-51-63,64-52-37-28-38-53-64)59-44-23-20-17-14-11-8-5-2)76-72-69(65-54-39-29-40-55-65,66-56-41-30-42-57-66)60-45-24-21-18-15-12-9-6-3/h25-42,46-57,70-72H,4-24,43-45,58-60H2,1-3H3. The van der Waals surface area contributed by atoms with Crippen molar-refractivity contribution in [2.45, 2.75) is 211 Å². The maximum Gasteiger partial charge on any atom is 0.524 e. The summed E-state index contributed by atoms with van der Waals surface area (Å²) >= 11 is 0. The average molecular weight is 1060 g/mol.